The van der Waals surface area contributed by atoms with Crippen molar-refractivity contribution in [2.24, 2.45) is 0 Å². The van der Waals surface area contributed by atoms with Gasteiger partial charge in [-0.15, -0.1) is 0 Å². The van der Waals surface area contributed by atoms with Crippen molar-refractivity contribution in [3.8, 4) is 5.19 Å². The van der Waals surface area contributed by atoms with Gasteiger partial charge in [-0.2, -0.15) is 0 Å². The largest absolute Gasteiger partial charge is 0.467 e. The topological polar surface area (TPSA) is 109 Å². The Kier molecular flexibility index (Phi) is 8.63. The van der Waals surface area contributed by atoms with E-state index in [4.69, 9.17) is 21.3 Å². The first-order valence-electron chi connectivity index (χ1n) is 13.6. The third-order valence-corrected chi connectivity index (χ3v) is 10.6. The minimum absolute atomic E-state index is 0.0885. The van der Waals surface area contributed by atoms with E-state index in [0.717, 1.165) is 49.0 Å². The maximum atomic E-state index is 12.8. The Morgan fingerprint density at radius 2 is 1.79 bits per heavy atom. The van der Waals surface area contributed by atoms with E-state index in [1.54, 1.807) is 41.9 Å². The number of nitrogens with zero attached hydrogens (tertiary/aromatic N) is 5. The first-order valence-corrected chi connectivity index (χ1v) is 16.4. The molecule has 0 bridgehead atoms. The SMILES string of the molecule is CC(C)(O)CCCS(=O)(=O)N1CCC(c2ccc3nc(OC4CCN(c5ncc(Cl)cn5)CC4)sc3c2)CC1. The quantitative estimate of drug-likeness (QED) is 0.375. The number of rotatable bonds is 9. The number of benzene rings is 1. The van der Waals surface area contributed by atoms with Crippen molar-refractivity contribution in [1.29, 1.82) is 0 Å². The molecule has 0 aliphatic carbocycles. The van der Waals surface area contributed by atoms with Crippen molar-refractivity contribution < 1.29 is 18.3 Å². The zero-order valence-corrected chi connectivity index (χ0v) is 24.8. The molecule has 2 aromatic heterocycles. The Morgan fingerprint density at radius 3 is 2.46 bits per heavy atom. The molecule has 212 valence electrons. The van der Waals surface area contributed by atoms with Crippen LogP contribution in [0.25, 0.3) is 10.2 Å². The highest BCUT2D eigenvalue weighted by Gasteiger charge is 2.29. The van der Waals surface area contributed by atoms with E-state index < -0.39 is 15.6 Å². The van der Waals surface area contributed by atoms with E-state index in [1.165, 1.54) is 5.56 Å². The molecule has 3 aromatic rings. The van der Waals surface area contributed by atoms with Gasteiger partial charge in [-0.25, -0.2) is 27.7 Å². The lowest BCUT2D eigenvalue weighted by Gasteiger charge is -2.31. The Balaban J connectivity index is 1.13. The fourth-order valence-electron chi connectivity index (χ4n) is 5.29. The monoisotopic (exact) mass is 593 g/mol. The summed E-state index contributed by atoms with van der Waals surface area (Å²) in [5.74, 6) is 1.10. The molecule has 1 N–H and O–H groups in total. The van der Waals surface area contributed by atoms with Crippen LogP contribution in [0.15, 0.2) is 30.6 Å². The van der Waals surface area contributed by atoms with Crippen LogP contribution in [0.1, 0.15) is 63.9 Å². The van der Waals surface area contributed by atoms with Crippen LogP contribution in [0, 0.1) is 0 Å². The maximum absolute atomic E-state index is 12.8. The second-order valence-electron chi connectivity index (χ2n) is 11.1. The average molecular weight is 594 g/mol. The van der Waals surface area contributed by atoms with Crippen LogP contribution in [-0.4, -0.2) is 76.4 Å². The summed E-state index contributed by atoms with van der Waals surface area (Å²) in [6.07, 6.45) is 7.61. The molecular formula is C27H36ClN5O4S2. The van der Waals surface area contributed by atoms with Gasteiger partial charge in [0.25, 0.3) is 5.19 Å². The molecule has 0 spiro atoms. The molecule has 0 atom stereocenters. The first kappa shape index (κ1) is 28.5. The van der Waals surface area contributed by atoms with Crippen molar-refractivity contribution in [3.05, 3.63) is 41.2 Å². The molecular weight excluding hydrogens is 558 g/mol. The molecule has 9 nitrogen and oxygen atoms in total. The number of anilines is 1. The van der Waals surface area contributed by atoms with E-state index in [2.05, 4.69) is 27.0 Å². The summed E-state index contributed by atoms with van der Waals surface area (Å²) in [6, 6.07) is 6.36. The van der Waals surface area contributed by atoms with Gasteiger partial charge in [0.2, 0.25) is 16.0 Å². The lowest BCUT2D eigenvalue weighted by molar-refractivity contribution is 0.0704. The van der Waals surface area contributed by atoms with Gasteiger partial charge in [-0.1, -0.05) is 29.0 Å². The minimum atomic E-state index is -3.30. The highest BCUT2D eigenvalue weighted by molar-refractivity contribution is 7.89. The number of ether oxygens (including phenoxy) is 1. The molecule has 2 aliphatic rings. The summed E-state index contributed by atoms with van der Waals surface area (Å²) >= 11 is 7.47. The first-order chi connectivity index (χ1) is 18.6. The lowest BCUT2D eigenvalue weighted by Crippen LogP contribution is -2.39. The normalized spacial score (nSPS) is 18.6. The van der Waals surface area contributed by atoms with Gasteiger partial charge in [0.15, 0.2) is 0 Å². The molecule has 0 saturated carbocycles. The van der Waals surface area contributed by atoms with Crippen molar-refractivity contribution in [2.45, 2.75) is 70.0 Å². The zero-order chi connectivity index (χ0) is 27.6. The van der Waals surface area contributed by atoms with Crippen LogP contribution in [0.3, 0.4) is 0 Å². The van der Waals surface area contributed by atoms with Crippen molar-refractivity contribution in [1.82, 2.24) is 19.3 Å². The number of fused-ring (bicyclic) bond motifs is 1. The van der Waals surface area contributed by atoms with Gasteiger partial charge >= 0.3 is 0 Å². The Morgan fingerprint density at radius 1 is 1.10 bits per heavy atom. The molecule has 12 heteroatoms. The molecule has 2 saturated heterocycles. The number of thiazole rings is 1. The van der Waals surface area contributed by atoms with Gasteiger partial charge in [0.1, 0.15) is 6.10 Å². The van der Waals surface area contributed by atoms with Crippen molar-refractivity contribution >= 4 is 49.1 Å². The number of piperidine rings is 2. The number of hydrogen-bond acceptors (Lipinski definition) is 9. The molecule has 5 rings (SSSR count). The number of sulfonamides is 1. The van der Waals surface area contributed by atoms with E-state index in [9.17, 15) is 13.5 Å². The predicted molar refractivity (Wildman–Crippen MR) is 155 cm³/mol. The summed E-state index contributed by atoms with van der Waals surface area (Å²) in [7, 11) is -3.30. The van der Waals surface area contributed by atoms with Crippen LogP contribution in [0.5, 0.6) is 5.19 Å². The number of hydrogen-bond donors (Lipinski definition) is 1. The highest BCUT2D eigenvalue weighted by Crippen LogP contribution is 2.35. The fourth-order valence-corrected chi connectivity index (χ4v) is 7.85. The minimum Gasteiger partial charge on any atom is -0.467 e. The third kappa shape index (κ3) is 7.38. The third-order valence-electron chi connectivity index (χ3n) is 7.50. The summed E-state index contributed by atoms with van der Waals surface area (Å²) in [5.41, 5.74) is 1.32. The molecule has 1 aromatic carbocycles. The van der Waals surface area contributed by atoms with Crippen LogP contribution in [0.2, 0.25) is 5.02 Å². The second-order valence-corrected chi connectivity index (χ2v) is 14.6. The standard InChI is InChI=1S/C27H36ClN5O4S2/c1-27(2,34)10-3-15-39(35,36)33-13-6-19(7-14-33)20-4-5-23-24(16-20)38-26(31-23)37-22-8-11-32(12-9-22)25-29-17-21(28)18-30-25/h4-5,16-19,22,34H,3,6-15H2,1-2H3. The van der Waals surface area contributed by atoms with E-state index in [1.807, 2.05) is 6.07 Å². The number of aliphatic hydroxyl groups is 1. The smallest absolute Gasteiger partial charge is 0.274 e. The van der Waals surface area contributed by atoms with Gasteiger partial charge in [0.05, 0.1) is 39.0 Å². The summed E-state index contributed by atoms with van der Waals surface area (Å²) in [6.45, 7) is 6.12. The predicted octanol–water partition coefficient (Wildman–Crippen LogP) is 4.85. The van der Waals surface area contributed by atoms with E-state index in [0.29, 0.717) is 48.0 Å². The second kappa shape index (κ2) is 11.8. The maximum Gasteiger partial charge on any atom is 0.274 e. The molecule has 0 radical (unpaired) electrons. The van der Waals surface area contributed by atoms with Gasteiger partial charge in [0, 0.05) is 39.0 Å². The fraction of sp³-hybridized carbons (Fsp3) is 0.593. The van der Waals surface area contributed by atoms with Crippen molar-refractivity contribution in [3.63, 3.8) is 0 Å². The molecule has 39 heavy (non-hydrogen) atoms. The number of halogens is 1. The highest BCUT2D eigenvalue weighted by atomic mass is 35.5. The van der Waals surface area contributed by atoms with Crippen LogP contribution >= 0.6 is 22.9 Å². The lowest BCUT2D eigenvalue weighted by atomic mass is 9.90. The molecule has 0 amide bonds. The van der Waals surface area contributed by atoms with Crippen LogP contribution in [0.4, 0.5) is 5.95 Å². The Bertz CT molecular complexity index is 1360. The summed E-state index contributed by atoms with van der Waals surface area (Å²) < 4.78 is 34.5. The van der Waals surface area contributed by atoms with Crippen LogP contribution in [-0.2, 0) is 10.0 Å². The van der Waals surface area contributed by atoms with E-state index in [-0.39, 0.29) is 11.9 Å². The molecule has 2 fully saturated rings. The Labute approximate surface area is 239 Å². The zero-order valence-electron chi connectivity index (χ0n) is 22.4. The van der Waals surface area contributed by atoms with Gasteiger partial charge in [-0.05, 0) is 63.1 Å². The van der Waals surface area contributed by atoms with E-state index >= 15 is 0 Å². The van der Waals surface area contributed by atoms with Gasteiger partial charge in [-0.3, -0.25) is 0 Å². The summed E-state index contributed by atoms with van der Waals surface area (Å²) in [4.78, 5) is 15.5. The molecule has 2 aliphatic heterocycles. The molecule has 0 unspecified atom stereocenters. The Hall–Kier alpha value is -2.05. The summed E-state index contributed by atoms with van der Waals surface area (Å²) in [5, 5.41) is 11.1. The van der Waals surface area contributed by atoms with Crippen LogP contribution < -0.4 is 9.64 Å². The van der Waals surface area contributed by atoms with Gasteiger partial charge < -0.3 is 14.7 Å². The molecule has 4 heterocycles. The number of aromatic nitrogens is 3. The van der Waals surface area contributed by atoms with Crippen molar-refractivity contribution in [2.75, 3.05) is 36.8 Å². The average Bonchev–Trinajstić information content (AvgIpc) is 3.30.